The summed E-state index contributed by atoms with van der Waals surface area (Å²) in [5.74, 6) is 0.307. The molecule has 0 spiro atoms. The minimum Gasteiger partial charge on any atom is -0.462 e. The first kappa shape index (κ1) is 12.0. The fourth-order valence-corrected chi connectivity index (χ4v) is 2.31. The Morgan fingerprint density at radius 1 is 1.41 bits per heavy atom. The summed E-state index contributed by atoms with van der Waals surface area (Å²) < 4.78 is 5.35. The standard InChI is InChI=1S/C14H19NO2/c1-10-6-7-12(15)8-13(10)14(16)17-9-11-4-2-3-5-11/h6-8,11H,2-5,9,15H2,1H3. The monoisotopic (exact) mass is 233 g/mol. The average molecular weight is 233 g/mol. The van der Waals surface area contributed by atoms with Gasteiger partial charge in [0.1, 0.15) is 0 Å². The Morgan fingerprint density at radius 2 is 2.12 bits per heavy atom. The predicted molar refractivity (Wildman–Crippen MR) is 67.8 cm³/mol. The zero-order valence-electron chi connectivity index (χ0n) is 10.2. The molecule has 17 heavy (non-hydrogen) atoms. The lowest BCUT2D eigenvalue weighted by Gasteiger charge is -2.11. The van der Waals surface area contributed by atoms with Crippen LogP contribution in [0.5, 0.6) is 0 Å². The van der Waals surface area contributed by atoms with Crippen molar-refractivity contribution in [1.82, 2.24) is 0 Å². The second-order valence-corrected chi connectivity index (χ2v) is 4.82. The van der Waals surface area contributed by atoms with Crippen LogP contribution in [-0.4, -0.2) is 12.6 Å². The van der Waals surface area contributed by atoms with Crippen molar-refractivity contribution in [3.63, 3.8) is 0 Å². The number of hydrogen-bond acceptors (Lipinski definition) is 3. The van der Waals surface area contributed by atoms with E-state index in [0.717, 1.165) is 5.56 Å². The van der Waals surface area contributed by atoms with Crippen LogP contribution in [0.25, 0.3) is 0 Å². The van der Waals surface area contributed by atoms with E-state index in [4.69, 9.17) is 10.5 Å². The number of rotatable bonds is 3. The van der Waals surface area contributed by atoms with Gasteiger partial charge >= 0.3 is 5.97 Å². The van der Waals surface area contributed by atoms with Crippen molar-refractivity contribution in [3.05, 3.63) is 29.3 Å². The van der Waals surface area contributed by atoms with E-state index in [1.165, 1.54) is 25.7 Å². The van der Waals surface area contributed by atoms with Crippen molar-refractivity contribution in [3.8, 4) is 0 Å². The second kappa shape index (κ2) is 5.21. The molecule has 0 amide bonds. The minimum atomic E-state index is -0.248. The first-order valence-corrected chi connectivity index (χ1v) is 6.20. The lowest BCUT2D eigenvalue weighted by molar-refractivity contribution is 0.0442. The molecule has 92 valence electrons. The van der Waals surface area contributed by atoms with E-state index in [1.54, 1.807) is 12.1 Å². The zero-order chi connectivity index (χ0) is 12.3. The minimum absolute atomic E-state index is 0.248. The van der Waals surface area contributed by atoms with Gasteiger partial charge in [0.25, 0.3) is 0 Å². The summed E-state index contributed by atoms with van der Waals surface area (Å²) in [6.07, 6.45) is 4.89. The molecular formula is C14H19NO2. The topological polar surface area (TPSA) is 52.3 Å². The van der Waals surface area contributed by atoms with Crippen LogP contribution in [0.15, 0.2) is 18.2 Å². The molecule has 0 aromatic heterocycles. The summed E-state index contributed by atoms with van der Waals surface area (Å²) in [5, 5.41) is 0. The smallest absolute Gasteiger partial charge is 0.338 e. The van der Waals surface area contributed by atoms with Crippen LogP contribution < -0.4 is 5.73 Å². The van der Waals surface area contributed by atoms with Gasteiger partial charge in [-0.2, -0.15) is 0 Å². The molecule has 3 heteroatoms. The molecule has 1 fully saturated rings. The van der Waals surface area contributed by atoms with Crippen LogP contribution in [0.2, 0.25) is 0 Å². The van der Waals surface area contributed by atoms with Crippen LogP contribution >= 0.6 is 0 Å². The van der Waals surface area contributed by atoms with Crippen molar-refractivity contribution in [1.29, 1.82) is 0 Å². The molecule has 1 aliphatic rings. The van der Waals surface area contributed by atoms with E-state index in [1.807, 2.05) is 13.0 Å². The molecule has 0 bridgehead atoms. The molecule has 1 saturated carbocycles. The number of hydrogen-bond donors (Lipinski definition) is 1. The van der Waals surface area contributed by atoms with Gasteiger partial charge in [-0.25, -0.2) is 4.79 Å². The van der Waals surface area contributed by atoms with Crippen LogP contribution in [0, 0.1) is 12.8 Å². The molecule has 0 unspecified atom stereocenters. The van der Waals surface area contributed by atoms with Gasteiger partial charge in [0.2, 0.25) is 0 Å². The van der Waals surface area contributed by atoms with Crippen molar-refractivity contribution < 1.29 is 9.53 Å². The molecule has 1 aromatic rings. The van der Waals surface area contributed by atoms with Crippen LogP contribution in [0.3, 0.4) is 0 Å². The van der Waals surface area contributed by atoms with E-state index >= 15 is 0 Å². The summed E-state index contributed by atoms with van der Waals surface area (Å²) in [6.45, 7) is 2.44. The summed E-state index contributed by atoms with van der Waals surface area (Å²) in [7, 11) is 0. The van der Waals surface area contributed by atoms with Crippen molar-refractivity contribution in [2.75, 3.05) is 12.3 Å². The lowest BCUT2D eigenvalue weighted by Crippen LogP contribution is -2.13. The summed E-state index contributed by atoms with van der Waals surface area (Å²) in [6, 6.07) is 5.33. The molecule has 2 N–H and O–H groups in total. The van der Waals surface area contributed by atoms with Crippen molar-refractivity contribution >= 4 is 11.7 Å². The highest BCUT2D eigenvalue weighted by molar-refractivity contribution is 5.92. The second-order valence-electron chi connectivity index (χ2n) is 4.82. The molecule has 0 atom stereocenters. The van der Waals surface area contributed by atoms with Gasteiger partial charge < -0.3 is 10.5 Å². The number of anilines is 1. The molecule has 3 nitrogen and oxygen atoms in total. The number of nitrogen functional groups attached to an aromatic ring is 1. The van der Waals surface area contributed by atoms with E-state index in [0.29, 0.717) is 23.8 Å². The Labute approximate surface area is 102 Å². The van der Waals surface area contributed by atoms with Gasteiger partial charge in [-0.05, 0) is 43.4 Å². The highest BCUT2D eigenvalue weighted by Crippen LogP contribution is 2.25. The number of benzene rings is 1. The lowest BCUT2D eigenvalue weighted by atomic mass is 10.1. The Morgan fingerprint density at radius 3 is 2.82 bits per heavy atom. The zero-order valence-corrected chi connectivity index (χ0v) is 10.2. The molecule has 1 aliphatic carbocycles. The molecule has 0 radical (unpaired) electrons. The van der Waals surface area contributed by atoms with Crippen LogP contribution in [-0.2, 0) is 4.74 Å². The van der Waals surface area contributed by atoms with Crippen LogP contribution in [0.4, 0.5) is 5.69 Å². The number of ether oxygens (including phenoxy) is 1. The molecule has 1 aromatic carbocycles. The Kier molecular flexibility index (Phi) is 3.67. The third-order valence-corrected chi connectivity index (χ3v) is 3.41. The molecule has 2 rings (SSSR count). The first-order chi connectivity index (χ1) is 8.16. The Balaban J connectivity index is 1.96. The largest absolute Gasteiger partial charge is 0.462 e. The van der Waals surface area contributed by atoms with E-state index in [-0.39, 0.29) is 5.97 Å². The molecule has 0 heterocycles. The SMILES string of the molecule is Cc1ccc(N)cc1C(=O)OCC1CCCC1. The summed E-state index contributed by atoms with van der Waals surface area (Å²) >= 11 is 0. The van der Waals surface area contributed by atoms with Crippen LogP contribution in [0.1, 0.15) is 41.6 Å². The fraction of sp³-hybridized carbons (Fsp3) is 0.500. The number of carbonyl (C=O) groups is 1. The highest BCUT2D eigenvalue weighted by atomic mass is 16.5. The maximum Gasteiger partial charge on any atom is 0.338 e. The van der Waals surface area contributed by atoms with E-state index < -0.39 is 0 Å². The summed E-state index contributed by atoms with van der Waals surface area (Å²) in [4.78, 5) is 11.9. The number of esters is 1. The Hall–Kier alpha value is -1.51. The normalized spacial score (nSPS) is 16.1. The van der Waals surface area contributed by atoms with E-state index in [2.05, 4.69) is 0 Å². The van der Waals surface area contributed by atoms with Crippen molar-refractivity contribution in [2.45, 2.75) is 32.6 Å². The molecule has 0 saturated heterocycles. The maximum absolute atomic E-state index is 11.9. The molecular weight excluding hydrogens is 214 g/mol. The maximum atomic E-state index is 11.9. The van der Waals surface area contributed by atoms with E-state index in [9.17, 15) is 4.79 Å². The third kappa shape index (κ3) is 2.99. The van der Waals surface area contributed by atoms with Crippen molar-refractivity contribution in [2.24, 2.45) is 5.92 Å². The van der Waals surface area contributed by atoms with Gasteiger partial charge in [0, 0.05) is 5.69 Å². The van der Waals surface area contributed by atoms with Gasteiger partial charge in [-0.1, -0.05) is 18.9 Å². The first-order valence-electron chi connectivity index (χ1n) is 6.20. The summed E-state index contributed by atoms with van der Waals surface area (Å²) in [5.41, 5.74) is 7.77. The highest BCUT2D eigenvalue weighted by Gasteiger charge is 2.18. The average Bonchev–Trinajstić information content (AvgIpc) is 2.82. The molecule has 0 aliphatic heterocycles. The Bertz CT molecular complexity index is 409. The number of nitrogens with two attached hydrogens (primary N) is 1. The van der Waals surface area contributed by atoms with Gasteiger partial charge in [0.15, 0.2) is 0 Å². The quantitative estimate of drug-likeness (QED) is 0.645. The third-order valence-electron chi connectivity index (χ3n) is 3.41. The van der Waals surface area contributed by atoms with Gasteiger partial charge in [-0.15, -0.1) is 0 Å². The number of aryl methyl sites for hydroxylation is 1. The fourth-order valence-electron chi connectivity index (χ4n) is 2.31. The number of carbonyl (C=O) groups excluding carboxylic acids is 1. The predicted octanol–water partition coefficient (Wildman–Crippen LogP) is 2.92. The van der Waals surface area contributed by atoms with Gasteiger partial charge in [-0.3, -0.25) is 0 Å². The van der Waals surface area contributed by atoms with Gasteiger partial charge in [0.05, 0.1) is 12.2 Å².